The fourth-order valence-corrected chi connectivity index (χ4v) is 12.8. The van der Waals surface area contributed by atoms with Gasteiger partial charge in [0.2, 0.25) is 5.91 Å². The smallest absolute Gasteiger partial charge is 0.305 e. The van der Waals surface area contributed by atoms with E-state index in [0.717, 1.165) is 38.5 Å². The number of aliphatic hydroxyl groups is 2. The van der Waals surface area contributed by atoms with Gasteiger partial charge >= 0.3 is 5.97 Å². The molecule has 0 aromatic rings. The van der Waals surface area contributed by atoms with Gasteiger partial charge in [0.25, 0.3) is 0 Å². The molecule has 85 heavy (non-hydrogen) atoms. The van der Waals surface area contributed by atoms with Crippen LogP contribution in [-0.2, 0) is 14.3 Å². The van der Waals surface area contributed by atoms with Crippen molar-refractivity contribution in [2.45, 2.75) is 469 Å². The second kappa shape index (κ2) is 75.1. The number of carbonyl (C=O) groups excluding carboxylic acids is 2. The second-order valence-electron chi connectivity index (χ2n) is 27.4. The summed E-state index contributed by atoms with van der Waals surface area (Å²) in [4.78, 5) is 24.7. The van der Waals surface area contributed by atoms with Crippen LogP contribution in [0.2, 0.25) is 0 Å². The number of nitrogens with one attached hydrogen (secondary N) is 1. The zero-order valence-corrected chi connectivity index (χ0v) is 58.1. The van der Waals surface area contributed by atoms with Gasteiger partial charge in [-0.2, -0.15) is 0 Å². The van der Waals surface area contributed by atoms with Gasteiger partial charge in [0.15, 0.2) is 0 Å². The van der Waals surface area contributed by atoms with Crippen LogP contribution >= 0.6 is 0 Å². The normalized spacial score (nSPS) is 12.5. The van der Waals surface area contributed by atoms with Gasteiger partial charge in [0.05, 0.1) is 25.4 Å². The maximum Gasteiger partial charge on any atom is 0.305 e. The van der Waals surface area contributed by atoms with E-state index >= 15 is 0 Å². The zero-order chi connectivity index (χ0) is 61.3. The summed E-state index contributed by atoms with van der Waals surface area (Å²) in [6, 6.07) is -0.538. The van der Waals surface area contributed by atoms with Crippen molar-refractivity contribution in [1.29, 1.82) is 0 Å². The van der Waals surface area contributed by atoms with E-state index in [1.807, 2.05) is 0 Å². The quantitative estimate of drug-likeness (QED) is 0.0320. The number of unbranched alkanes of at least 4 members (excludes halogenated alkanes) is 62. The van der Waals surface area contributed by atoms with Gasteiger partial charge in [0.1, 0.15) is 0 Å². The molecule has 2 atom stereocenters. The highest BCUT2D eigenvalue weighted by Crippen LogP contribution is 2.20. The predicted octanol–water partition coefficient (Wildman–Crippen LogP) is 25.9. The Morgan fingerprint density at radius 1 is 0.318 bits per heavy atom. The number of rotatable bonds is 75. The van der Waals surface area contributed by atoms with Crippen LogP contribution in [0.15, 0.2) is 12.2 Å². The van der Waals surface area contributed by atoms with Crippen LogP contribution in [0.4, 0.5) is 0 Å². The van der Waals surface area contributed by atoms with E-state index in [4.69, 9.17) is 4.74 Å². The van der Waals surface area contributed by atoms with Crippen molar-refractivity contribution in [3.8, 4) is 0 Å². The maximum atomic E-state index is 12.5. The number of aliphatic hydroxyl groups excluding tert-OH is 2. The minimum atomic E-state index is -0.661. The molecule has 0 aliphatic rings. The average Bonchev–Trinajstić information content (AvgIpc) is 3.51. The van der Waals surface area contributed by atoms with Crippen molar-refractivity contribution >= 4 is 11.9 Å². The number of hydrogen-bond acceptors (Lipinski definition) is 5. The molecule has 506 valence electrons. The Labute approximate surface area is 533 Å². The van der Waals surface area contributed by atoms with Crippen molar-refractivity contribution in [2.24, 2.45) is 0 Å². The first kappa shape index (κ1) is 83.6. The minimum Gasteiger partial charge on any atom is -0.466 e. The van der Waals surface area contributed by atoms with E-state index in [0.29, 0.717) is 25.9 Å². The molecule has 0 aliphatic heterocycles. The van der Waals surface area contributed by atoms with Gasteiger partial charge in [-0.25, -0.2) is 0 Å². The topological polar surface area (TPSA) is 95.9 Å². The molecule has 1 amide bonds. The maximum absolute atomic E-state index is 12.5. The summed E-state index contributed by atoms with van der Waals surface area (Å²) in [5, 5.41) is 23.4. The third-order valence-electron chi connectivity index (χ3n) is 18.8. The van der Waals surface area contributed by atoms with Gasteiger partial charge in [-0.05, 0) is 51.4 Å². The number of ether oxygens (including phenoxy) is 1. The molecule has 0 rings (SSSR count). The Kier molecular flexibility index (Phi) is 73.8. The number of esters is 1. The fourth-order valence-electron chi connectivity index (χ4n) is 12.8. The summed E-state index contributed by atoms with van der Waals surface area (Å²) in [6.07, 6.45) is 94.4. The summed E-state index contributed by atoms with van der Waals surface area (Å²) in [5.41, 5.74) is 0. The molecule has 0 heterocycles. The SMILES string of the molecule is CCCCCCCC/C=C\CCCCCCCCCCCC(=O)OCCCCCCCCCCCCCCCCCCCCCCCCCCCCCCCCCC(=O)NC(CO)C(O)CCCCCCCCCCCCCCCCCCCC. The fraction of sp³-hybridized carbons (Fsp3) is 0.949. The van der Waals surface area contributed by atoms with Crippen molar-refractivity contribution in [1.82, 2.24) is 5.32 Å². The minimum absolute atomic E-state index is 0.0216. The number of amides is 1. The molecule has 0 aromatic heterocycles. The first-order chi connectivity index (χ1) is 42.0. The van der Waals surface area contributed by atoms with Crippen LogP contribution in [0.1, 0.15) is 457 Å². The molecule has 0 aliphatic carbocycles. The molecular formula is C79H155NO5. The summed E-state index contributed by atoms with van der Waals surface area (Å²) in [6.45, 7) is 5.01. The van der Waals surface area contributed by atoms with Crippen LogP contribution < -0.4 is 5.32 Å². The van der Waals surface area contributed by atoms with Crippen LogP contribution in [-0.4, -0.2) is 47.4 Å². The van der Waals surface area contributed by atoms with Crippen LogP contribution in [0.3, 0.4) is 0 Å². The first-order valence-electron chi connectivity index (χ1n) is 39.4. The molecule has 0 aromatic carbocycles. The Balaban J connectivity index is 3.31. The highest BCUT2D eigenvalue weighted by atomic mass is 16.5. The van der Waals surface area contributed by atoms with Crippen LogP contribution in [0.5, 0.6) is 0 Å². The molecule has 0 saturated carbocycles. The molecule has 0 saturated heterocycles. The summed E-state index contributed by atoms with van der Waals surface area (Å²) < 4.78 is 5.52. The monoisotopic (exact) mass is 1200 g/mol. The van der Waals surface area contributed by atoms with E-state index in [9.17, 15) is 19.8 Å². The summed E-state index contributed by atoms with van der Waals surface area (Å²) >= 11 is 0. The molecule has 6 heteroatoms. The Morgan fingerprint density at radius 2 is 0.553 bits per heavy atom. The van der Waals surface area contributed by atoms with Crippen molar-refractivity contribution in [3.05, 3.63) is 12.2 Å². The summed E-state index contributed by atoms with van der Waals surface area (Å²) in [7, 11) is 0. The Hall–Kier alpha value is -1.40. The van der Waals surface area contributed by atoms with Crippen molar-refractivity contribution < 1.29 is 24.5 Å². The van der Waals surface area contributed by atoms with Gasteiger partial charge in [-0.15, -0.1) is 0 Å². The molecule has 3 N–H and O–H groups in total. The number of carbonyl (C=O) groups is 2. The van der Waals surface area contributed by atoms with E-state index in [1.165, 1.54) is 385 Å². The molecule has 0 bridgehead atoms. The first-order valence-corrected chi connectivity index (χ1v) is 39.4. The lowest BCUT2D eigenvalue weighted by Crippen LogP contribution is -2.45. The molecule has 0 spiro atoms. The third kappa shape index (κ3) is 71.6. The van der Waals surface area contributed by atoms with Crippen molar-refractivity contribution in [3.63, 3.8) is 0 Å². The molecule has 6 nitrogen and oxygen atoms in total. The van der Waals surface area contributed by atoms with E-state index in [-0.39, 0.29) is 18.5 Å². The Morgan fingerprint density at radius 3 is 0.835 bits per heavy atom. The molecule has 0 fully saturated rings. The third-order valence-corrected chi connectivity index (χ3v) is 18.8. The number of hydrogen-bond donors (Lipinski definition) is 3. The van der Waals surface area contributed by atoms with Gasteiger partial charge in [0, 0.05) is 12.8 Å². The summed E-state index contributed by atoms with van der Waals surface area (Å²) in [5.74, 6) is -0.00423. The van der Waals surface area contributed by atoms with Gasteiger partial charge in [-0.3, -0.25) is 9.59 Å². The van der Waals surface area contributed by atoms with Crippen molar-refractivity contribution in [2.75, 3.05) is 13.2 Å². The number of allylic oxidation sites excluding steroid dienone is 2. The predicted molar refractivity (Wildman–Crippen MR) is 375 cm³/mol. The lowest BCUT2D eigenvalue weighted by Gasteiger charge is -2.22. The standard InChI is InChI=1S/C79H155NO5/c1-3-5-7-9-11-13-15-17-19-21-36-41-45-49-53-57-61-65-69-73-79(84)85-74-70-66-62-58-54-50-46-42-38-35-33-31-29-27-25-23-24-26-28-30-32-34-37-40-44-48-52-56-60-64-68-72-78(83)80-76(75-81)77(82)71-67-63-59-55-51-47-43-39-22-20-18-16-14-12-10-8-6-4-2/h17,19,76-77,81-82H,3-16,18,20-75H2,1-2H3,(H,80,83)/b19-17-. The Bertz CT molecular complexity index is 1290. The van der Waals surface area contributed by atoms with Crippen LogP contribution in [0, 0.1) is 0 Å². The van der Waals surface area contributed by atoms with E-state index in [2.05, 4.69) is 31.3 Å². The lowest BCUT2D eigenvalue weighted by atomic mass is 10.0. The average molecular weight is 1200 g/mol. The lowest BCUT2D eigenvalue weighted by molar-refractivity contribution is -0.143. The second-order valence-corrected chi connectivity index (χ2v) is 27.4. The van der Waals surface area contributed by atoms with Crippen LogP contribution in [0.25, 0.3) is 0 Å². The molecule has 0 radical (unpaired) electrons. The molecular weight excluding hydrogens is 1040 g/mol. The zero-order valence-electron chi connectivity index (χ0n) is 58.1. The van der Waals surface area contributed by atoms with E-state index < -0.39 is 12.1 Å². The largest absolute Gasteiger partial charge is 0.466 e. The highest BCUT2D eigenvalue weighted by Gasteiger charge is 2.20. The highest BCUT2D eigenvalue weighted by molar-refractivity contribution is 5.76. The van der Waals surface area contributed by atoms with E-state index in [1.54, 1.807) is 0 Å². The van der Waals surface area contributed by atoms with Gasteiger partial charge < -0.3 is 20.3 Å². The van der Waals surface area contributed by atoms with Gasteiger partial charge in [-0.1, -0.05) is 405 Å². The molecule has 2 unspecified atom stereocenters.